The van der Waals surface area contributed by atoms with Gasteiger partial charge in [-0.25, -0.2) is 8.42 Å². The summed E-state index contributed by atoms with van der Waals surface area (Å²) in [6.07, 6.45) is -0.977. The van der Waals surface area contributed by atoms with Crippen LogP contribution in [-0.2, 0) is 32.5 Å². The van der Waals surface area contributed by atoms with E-state index < -0.39 is 21.9 Å². The zero-order valence-electron chi connectivity index (χ0n) is 20.6. The molecule has 0 bridgehead atoms. The Morgan fingerprint density at radius 3 is 2.54 bits per heavy atom. The van der Waals surface area contributed by atoms with Crippen LogP contribution in [0.4, 0.5) is 5.69 Å². The van der Waals surface area contributed by atoms with Crippen LogP contribution in [0.2, 0.25) is 5.02 Å². The van der Waals surface area contributed by atoms with Crippen LogP contribution < -0.4 is 20.1 Å². The number of nitrogens with two attached hydrogens (primary N) is 1. The van der Waals surface area contributed by atoms with Gasteiger partial charge < -0.3 is 24.8 Å². The van der Waals surface area contributed by atoms with Crippen LogP contribution in [0, 0.1) is 0 Å². The van der Waals surface area contributed by atoms with Crippen molar-refractivity contribution in [1.29, 1.82) is 0 Å². The van der Waals surface area contributed by atoms with Crippen molar-refractivity contribution in [2.75, 3.05) is 36.7 Å². The fourth-order valence-electron chi connectivity index (χ4n) is 4.01. The van der Waals surface area contributed by atoms with E-state index in [9.17, 15) is 13.2 Å². The van der Waals surface area contributed by atoms with Crippen LogP contribution in [-0.4, -0.2) is 52.3 Å². The number of carbonyl (C=O) groups is 1. The lowest BCUT2D eigenvalue weighted by molar-refractivity contribution is -0.147. The molecular weight excluding hydrogens is 536 g/mol. The minimum absolute atomic E-state index is 0.0653. The maximum absolute atomic E-state index is 12.1. The molecule has 1 aliphatic heterocycles. The Bertz CT molecular complexity index is 1330. The lowest BCUT2D eigenvalue weighted by atomic mass is 10.1. The predicted molar refractivity (Wildman–Crippen MR) is 146 cm³/mol. The second-order valence-corrected chi connectivity index (χ2v) is 12.6. The first-order valence-corrected chi connectivity index (χ1v) is 14.8. The van der Waals surface area contributed by atoms with Gasteiger partial charge in [-0.05, 0) is 41.5 Å². The fraction of sp³-hybridized carbons (Fsp3) is 0.346. The molecule has 1 aromatic heterocycles. The normalized spacial score (nSPS) is 13.8. The van der Waals surface area contributed by atoms with Crippen molar-refractivity contribution in [2.24, 2.45) is 5.73 Å². The molecule has 0 amide bonds. The fourth-order valence-corrected chi connectivity index (χ4v) is 6.30. The van der Waals surface area contributed by atoms with Gasteiger partial charge in [-0.15, -0.1) is 11.3 Å². The molecule has 0 saturated carbocycles. The van der Waals surface area contributed by atoms with E-state index in [0.717, 1.165) is 29.4 Å². The average Bonchev–Trinajstić information content (AvgIpc) is 3.47. The number of carbonyl (C=O) groups excluding carboxylic acids is 1. The van der Waals surface area contributed by atoms with Crippen LogP contribution >= 0.6 is 22.9 Å². The molecule has 198 valence electrons. The molecule has 4 rings (SSSR count). The van der Waals surface area contributed by atoms with Crippen LogP contribution in [0.3, 0.4) is 0 Å². The highest BCUT2D eigenvalue weighted by atomic mass is 35.5. The molecule has 2 aromatic carbocycles. The highest BCUT2D eigenvalue weighted by Crippen LogP contribution is 2.40. The molecule has 0 radical (unpaired) electrons. The first-order chi connectivity index (χ1) is 17.7. The number of halogens is 1. The first-order valence-electron chi connectivity index (χ1n) is 11.7. The highest BCUT2D eigenvalue weighted by Gasteiger charge is 2.25. The van der Waals surface area contributed by atoms with Gasteiger partial charge in [0.1, 0.15) is 12.7 Å². The smallest absolute Gasteiger partial charge is 0.320 e. The Morgan fingerprint density at radius 1 is 1.14 bits per heavy atom. The van der Waals surface area contributed by atoms with Crippen molar-refractivity contribution in [3.05, 3.63) is 64.0 Å². The number of anilines is 1. The molecule has 37 heavy (non-hydrogen) atoms. The SMILES string of the molecule is CCS(=O)(=O)CC(COc1ccc(N2Cc3cc(-c4ccc(Cl)cc4)sc3C2)cc1OC)OC(=O)CN. The second-order valence-electron chi connectivity index (χ2n) is 8.58. The Kier molecular flexibility index (Phi) is 8.63. The number of fused-ring (bicyclic) bond motifs is 1. The van der Waals surface area contributed by atoms with Gasteiger partial charge in [-0.2, -0.15) is 0 Å². The number of rotatable bonds is 11. The third kappa shape index (κ3) is 6.75. The van der Waals surface area contributed by atoms with Crippen molar-refractivity contribution in [2.45, 2.75) is 26.1 Å². The van der Waals surface area contributed by atoms with Gasteiger partial charge in [0.05, 0.1) is 26.0 Å². The minimum Gasteiger partial charge on any atom is -0.493 e. The van der Waals surface area contributed by atoms with Crippen molar-refractivity contribution in [3.63, 3.8) is 0 Å². The zero-order valence-corrected chi connectivity index (χ0v) is 23.0. The lowest BCUT2D eigenvalue weighted by Gasteiger charge is -2.22. The van der Waals surface area contributed by atoms with Crippen LogP contribution in [0.5, 0.6) is 11.5 Å². The third-order valence-electron chi connectivity index (χ3n) is 6.00. The van der Waals surface area contributed by atoms with E-state index in [1.165, 1.54) is 22.2 Å². The Balaban J connectivity index is 1.44. The van der Waals surface area contributed by atoms with Crippen LogP contribution in [0.25, 0.3) is 10.4 Å². The van der Waals surface area contributed by atoms with Crippen molar-refractivity contribution >= 4 is 44.4 Å². The number of methoxy groups -OCH3 is 1. The first kappa shape index (κ1) is 27.3. The second kappa shape index (κ2) is 11.7. The van der Waals surface area contributed by atoms with Crippen LogP contribution in [0.1, 0.15) is 17.4 Å². The number of thiophene rings is 1. The summed E-state index contributed by atoms with van der Waals surface area (Å²) in [7, 11) is -1.85. The summed E-state index contributed by atoms with van der Waals surface area (Å²) in [6.45, 7) is 2.60. The standard InChI is InChI=1S/C26H29ClN2O6S2/c1-3-37(31,32)16-21(35-26(30)12-28)15-34-22-9-8-20(11-23(22)33-2)29-13-18-10-24(36-25(18)14-29)17-4-6-19(27)7-5-17/h4-11,21H,3,12-16,28H2,1-2H3. The van der Waals surface area contributed by atoms with Gasteiger partial charge in [-0.3, -0.25) is 4.79 Å². The van der Waals surface area contributed by atoms with E-state index in [2.05, 4.69) is 11.0 Å². The average molecular weight is 565 g/mol. The van der Waals surface area contributed by atoms with Crippen molar-refractivity contribution < 1.29 is 27.4 Å². The van der Waals surface area contributed by atoms with Gasteiger partial charge in [0.25, 0.3) is 0 Å². The lowest BCUT2D eigenvalue weighted by Crippen LogP contribution is -2.35. The largest absolute Gasteiger partial charge is 0.493 e. The maximum Gasteiger partial charge on any atom is 0.320 e. The molecule has 0 aliphatic carbocycles. The third-order valence-corrected chi connectivity index (χ3v) is 9.23. The van der Waals surface area contributed by atoms with Gasteiger partial charge in [-0.1, -0.05) is 30.7 Å². The molecule has 8 nitrogen and oxygen atoms in total. The van der Waals surface area contributed by atoms with Crippen molar-refractivity contribution in [1.82, 2.24) is 0 Å². The topological polar surface area (TPSA) is 108 Å². The molecule has 2 heterocycles. The van der Waals surface area contributed by atoms with Gasteiger partial charge in [0, 0.05) is 38.8 Å². The molecule has 11 heteroatoms. The summed E-state index contributed by atoms with van der Waals surface area (Å²) < 4.78 is 40.7. The maximum atomic E-state index is 12.1. The number of hydrogen-bond donors (Lipinski definition) is 1. The molecule has 1 atom stereocenters. The molecule has 1 aliphatic rings. The van der Waals surface area contributed by atoms with Gasteiger partial charge in [0.2, 0.25) is 0 Å². The molecule has 0 spiro atoms. The Hall–Kier alpha value is -2.79. The highest BCUT2D eigenvalue weighted by molar-refractivity contribution is 7.91. The molecule has 0 fully saturated rings. The number of esters is 1. The summed E-state index contributed by atoms with van der Waals surface area (Å²) in [6, 6.07) is 15.7. The Labute approximate surface area is 225 Å². The summed E-state index contributed by atoms with van der Waals surface area (Å²) >= 11 is 7.79. The quantitative estimate of drug-likeness (QED) is 0.344. The predicted octanol–water partition coefficient (Wildman–Crippen LogP) is 4.28. The number of ether oxygens (including phenoxy) is 3. The van der Waals surface area contributed by atoms with E-state index in [-0.39, 0.29) is 24.7 Å². The summed E-state index contributed by atoms with van der Waals surface area (Å²) in [5.74, 6) is -0.179. The molecule has 1 unspecified atom stereocenters. The molecular formula is C26H29ClN2O6S2. The number of sulfone groups is 1. The molecule has 2 N–H and O–H groups in total. The van der Waals surface area contributed by atoms with E-state index in [1.54, 1.807) is 24.5 Å². The van der Waals surface area contributed by atoms with E-state index in [0.29, 0.717) is 11.5 Å². The summed E-state index contributed by atoms with van der Waals surface area (Å²) in [5, 5.41) is 0.721. The minimum atomic E-state index is -3.39. The van der Waals surface area contributed by atoms with E-state index >= 15 is 0 Å². The van der Waals surface area contributed by atoms with E-state index in [4.69, 9.17) is 31.5 Å². The van der Waals surface area contributed by atoms with E-state index in [1.807, 2.05) is 36.4 Å². The summed E-state index contributed by atoms with van der Waals surface area (Å²) in [5.41, 5.74) is 8.73. The zero-order chi connectivity index (χ0) is 26.6. The number of nitrogens with zero attached hydrogens (tertiary/aromatic N) is 1. The van der Waals surface area contributed by atoms with Crippen molar-refractivity contribution in [3.8, 4) is 21.9 Å². The Morgan fingerprint density at radius 2 is 1.89 bits per heavy atom. The van der Waals surface area contributed by atoms with Crippen LogP contribution in [0.15, 0.2) is 48.5 Å². The molecule has 3 aromatic rings. The number of hydrogen-bond acceptors (Lipinski definition) is 9. The summed E-state index contributed by atoms with van der Waals surface area (Å²) in [4.78, 5) is 16.5. The number of benzene rings is 2. The van der Waals surface area contributed by atoms with Gasteiger partial charge >= 0.3 is 5.97 Å². The monoisotopic (exact) mass is 564 g/mol. The van der Waals surface area contributed by atoms with Gasteiger partial charge in [0.15, 0.2) is 21.3 Å². The molecule has 0 saturated heterocycles.